The fourth-order valence-corrected chi connectivity index (χ4v) is 5.10. The van der Waals surface area contributed by atoms with Crippen molar-refractivity contribution in [1.29, 1.82) is 0 Å². The highest BCUT2D eigenvalue weighted by molar-refractivity contribution is 7.89. The monoisotopic (exact) mass is 283 g/mol. The van der Waals surface area contributed by atoms with Crippen LogP contribution in [0.3, 0.4) is 0 Å². The first kappa shape index (κ1) is 14.5. The molecule has 2 rings (SSSR count). The van der Waals surface area contributed by atoms with Crippen molar-refractivity contribution in [3.63, 3.8) is 0 Å². The van der Waals surface area contributed by atoms with Gasteiger partial charge in [-0.1, -0.05) is 17.7 Å². The van der Waals surface area contributed by atoms with Crippen molar-refractivity contribution < 1.29 is 13.5 Å². The molecule has 0 bridgehead atoms. The largest absolute Gasteiger partial charge is 0.395 e. The Hall–Kier alpha value is -0.910. The van der Waals surface area contributed by atoms with E-state index in [2.05, 4.69) is 0 Å². The Morgan fingerprint density at radius 1 is 1.26 bits per heavy atom. The number of aliphatic hydroxyl groups excluding tert-OH is 1. The van der Waals surface area contributed by atoms with E-state index in [0.717, 1.165) is 29.5 Å². The van der Waals surface area contributed by atoms with Crippen molar-refractivity contribution in [1.82, 2.24) is 4.31 Å². The molecule has 1 aromatic carbocycles. The fourth-order valence-electron chi connectivity index (χ4n) is 3.00. The molecule has 0 saturated carbocycles. The van der Waals surface area contributed by atoms with Gasteiger partial charge in [0.05, 0.1) is 11.5 Å². The lowest BCUT2D eigenvalue weighted by Crippen LogP contribution is -2.38. The second-order valence-corrected chi connectivity index (χ2v) is 7.15. The summed E-state index contributed by atoms with van der Waals surface area (Å²) in [4.78, 5) is 0.401. The van der Waals surface area contributed by atoms with Gasteiger partial charge in [0, 0.05) is 12.6 Å². The molecule has 1 aromatic rings. The van der Waals surface area contributed by atoms with Crippen molar-refractivity contribution in [3.05, 3.63) is 28.8 Å². The Morgan fingerprint density at radius 2 is 1.84 bits per heavy atom. The van der Waals surface area contributed by atoms with Gasteiger partial charge in [0.2, 0.25) is 10.0 Å². The number of hydrogen-bond donors (Lipinski definition) is 1. The van der Waals surface area contributed by atoms with E-state index < -0.39 is 10.0 Å². The second-order valence-electron chi connectivity index (χ2n) is 5.32. The molecule has 1 aliphatic rings. The van der Waals surface area contributed by atoms with E-state index in [4.69, 9.17) is 0 Å². The third-order valence-electron chi connectivity index (χ3n) is 3.71. The summed E-state index contributed by atoms with van der Waals surface area (Å²) in [5.41, 5.74) is 2.62. The summed E-state index contributed by atoms with van der Waals surface area (Å²) >= 11 is 0. The first-order valence-electron chi connectivity index (χ1n) is 6.58. The Balaban J connectivity index is 2.51. The molecule has 0 amide bonds. The van der Waals surface area contributed by atoms with E-state index in [1.54, 1.807) is 0 Å². The van der Waals surface area contributed by atoms with E-state index in [1.165, 1.54) is 4.31 Å². The maximum atomic E-state index is 12.8. The molecule has 1 atom stereocenters. The van der Waals surface area contributed by atoms with Gasteiger partial charge in [-0.15, -0.1) is 0 Å². The van der Waals surface area contributed by atoms with Crippen molar-refractivity contribution >= 4 is 10.0 Å². The molecule has 1 N–H and O–H groups in total. The van der Waals surface area contributed by atoms with Crippen LogP contribution in [0.25, 0.3) is 0 Å². The average Bonchev–Trinajstić information content (AvgIpc) is 2.75. The number of aliphatic hydroxyl groups is 1. The van der Waals surface area contributed by atoms with Gasteiger partial charge in [-0.25, -0.2) is 8.42 Å². The molecular weight excluding hydrogens is 262 g/mol. The molecular formula is C14H21NO3S. The van der Waals surface area contributed by atoms with Crippen LogP contribution in [0.2, 0.25) is 0 Å². The number of nitrogens with zero attached hydrogens (tertiary/aromatic N) is 1. The first-order valence-corrected chi connectivity index (χ1v) is 8.02. The molecule has 1 heterocycles. The van der Waals surface area contributed by atoms with Gasteiger partial charge in [0.15, 0.2) is 0 Å². The van der Waals surface area contributed by atoms with E-state index in [-0.39, 0.29) is 12.6 Å². The summed E-state index contributed by atoms with van der Waals surface area (Å²) < 4.78 is 27.0. The number of aryl methyl sites for hydroxylation is 3. The summed E-state index contributed by atoms with van der Waals surface area (Å²) in [5, 5.41) is 9.32. The van der Waals surface area contributed by atoms with Gasteiger partial charge >= 0.3 is 0 Å². The Bertz CT molecular complexity index is 557. The normalized spacial score (nSPS) is 20.9. The maximum Gasteiger partial charge on any atom is 0.243 e. The van der Waals surface area contributed by atoms with Crippen LogP contribution in [0.5, 0.6) is 0 Å². The molecule has 4 nitrogen and oxygen atoms in total. The van der Waals surface area contributed by atoms with Crippen LogP contribution < -0.4 is 0 Å². The predicted octanol–water partition coefficient (Wildman–Crippen LogP) is 1.76. The standard InChI is InChI=1S/C14H21NO3S/c1-10-7-11(2)14(12(3)8-10)19(17,18)15-6-4-5-13(15)9-16/h7-8,13,16H,4-6,9H2,1-3H3/t13-/m0/s1. The lowest BCUT2D eigenvalue weighted by atomic mass is 10.1. The third kappa shape index (κ3) is 2.55. The van der Waals surface area contributed by atoms with Gasteiger partial charge in [-0.2, -0.15) is 4.31 Å². The predicted molar refractivity (Wildman–Crippen MR) is 74.7 cm³/mol. The maximum absolute atomic E-state index is 12.8. The molecule has 1 fully saturated rings. The minimum Gasteiger partial charge on any atom is -0.395 e. The van der Waals surface area contributed by atoms with Crippen LogP contribution in [0, 0.1) is 20.8 Å². The van der Waals surface area contributed by atoms with Crippen LogP contribution >= 0.6 is 0 Å². The Kier molecular flexibility index (Phi) is 3.99. The summed E-state index contributed by atoms with van der Waals surface area (Å²) in [6, 6.07) is 3.51. The summed E-state index contributed by atoms with van der Waals surface area (Å²) in [5.74, 6) is 0. The molecule has 0 radical (unpaired) electrons. The molecule has 106 valence electrons. The van der Waals surface area contributed by atoms with Gasteiger partial charge in [-0.05, 0) is 44.7 Å². The van der Waals surface area contributed by atoms with Crippen LogP contribution in [0.1, 0.15) is 29.5 Å². The van der Waals surface area contributed by atoms with E-state index in [0.29, 0.717) is 11.4 Å². The lowest BCUT2D eigenvalue weighted by Gasteiger charge is -2.24. The van der Waals surface area contributed by atoms with Crippen molar-refractivity contribution in [3.8, 4) is 0 Å². The third-order valence-corrected chi connectivity index (χ3v) is 5.96. The zero-order chi connectivity index (χ0) is 14.2. The van der Waals surface area contributed by atoms with E-state index in [1.807, 2.05) is 32.9 Å². The number of rotatable bonds is 3. The SMILES string of the molecule is Cc1cc(C)c(S(=O)(=O)N2CCC[C@H]2CO)c(C)c1. The number of hydrogen-bond acceptors (Lipinski definition) is 3. The summed E-state index contributed by atoms with van der Waals surface area (Å²) in [6.07, 6.45) is 1.55. The molecule has 1 saturated heterocycles. The molecule has 0 aliphatic carbocycles. The minimum absolute atomic E-state index is 0.108. The fraction of sp³-hybridized carbons (Fsp3) is 0.571. The molecule has 0 aromatic heterocycles. The van der Waals surface area contributed by atoms with Gasteiger partial charge in [0.25, 0.3) is 0 Å². The topological polar surface area (TPSA) is 57.6 Å². The van der Waals surface area contributed by atoms with Crippen LogP contribution in [0.15, 0.2) is 17.0 Å². The molecule has 0 spiro atoms. The van der Waals surface area contributed by atoms with Crippen molar-refractivity contribution in [2.24, 2.45) is 0 Å². The van der Waals surface area contributed by atoms with Crippen LogP contribution in [0.4, 0.5) is 0 Å². The highest BCUT2D eigenvalue weighted by Gasteiger charge is 2.36. The summed E-state index contributed by atoms with van der Waals surface area (Å²) in [6.45, 7) is 6.01. The van der Waals surface area contributed by atoms with E-state index in [9.17, 15) is 13.5 Å². The van der Waals surface area contributed by atoms with Crippen LogP contribution in [-0.2, 0) is 10.0 Å². The quantitative estimate of drug-likeness (QED) is 0.919. The van der Waals surface area contributed by atoms with E-state index >= 15 is 0 Å². The lowest BCUT2D eigenvalue weighted by molar-refractivity contribution is 0.213. The summed E-state index contributed by atoms with van der Waals surface area (Å²) in [7, 11) is -3.50. The number of sulfonamides is 1. The minimum atomic E-state index is -3.50. The van der Waals surface area contributed by atoms with Gasteiger partial charge in [-0.3, -0.25) is 0 Å². The highest BCUT2D eigenvalue weighted by Crippen LogP contribution is 2.30. The zero-order valence-electron chi connectivity index (χ0n) is 11.7. The Morgan fingerprint density at radius 3 is 2.37 bits per heavy atom. The first-order chi connectivity index (χ1) is 8.87. The second kappa shape index (κ2) is 5.23. The number of benzene rings is 1. The molecule has 1 aliphatic heterocycles. The van der Waals surface area contributed by atoms with Gasteiger partial charge in [0.1, 0.15) is 0 Å². The van der Waals surface area contributed by atoms with Crippen molar-refractivity contribution in [2.75, 3.05) is 13.2 Å². The Labute approximate surface area is 115 Å². The molecule has 5 heteroatoms. The van der Waals surface area contributed by atoms with Crippen molar-refractivity contribution in [2.45, 2.75) is 44.6 Å². The highest BCUT2D eigenvalue weighted by atomic mass is 32.2. The van der Waals surface area contributed by atoms with Crippen LogP contribution in [-0.4, -0.2) is 37.0 Å². The smallest absolute Gasteiger partial charge is 0.243 e. The molecule has 19 heavy (non-hydrogen) atoms. The molecule has 0 unspecified atom stereocenters. The van der Waals surface area contributed by atoms with Gasteiger partial charge < -0.3 is 5.11 Å². The zero-order valence-corrected chi connectivity index (χ0v) is 12.5. The average molecular weight is 283 g/mol.